The van der Waals surface area contributed by atoms with Gasteiger partial charge in [0.1, 0.15) is 0 Å². The standard InChI is InChI=1S/C4H18O5Si5/c1-3-4(2)14-8-12-6-10-5-11-7-13-9-14/h4,14H,3,10-13H2,1-2H3. The van der Waals surface area contributed by atoms with E-state index in [1.54, 1.807) is 0 Å². The van der Waals surface area contributed by atoms with Crippen LogP contribution in [0, 0.1) is 0 Å². The van der Waals surface area contributed by atoms with Gasteiger partial charge in [0.05, 0.1) is 0 Å². The van der Waals surface area contributed by atoms with Crippen molar-refractivity contribution in [3.8, 4) is 0 Å². The SMILES string of the molecule is CCC(C)[SiH]1O[SiH2]O[SiH2]O[SiH2]O[SiH2]O1. The first-order chi connectivity index (χ1) is 6.84. The molecule has 0 aliphatic carbocycles. The molecule has 0 N–H and O–H groups in total. The molecule has 84 valence electrons. The van der Waals surface area contributed by atoms with Crippen molar-refractivity contribution in [3.63, 3.8) is 0 Å². The Hall–Kier alpha value is 0.884. The summed E-state index contributed by atoms with van der Waals surface area (Å²) in [5.74, 6) is 0. The maximum absolute atomic E-state index is 5.73. The maximum atomic E-state index is 5.73. The van der Waals surface area contributed by atoms with E-state index in [1.165, 1.54) is 0 Å². The van der Waals surface area contributed by atoms with E-state index in [2.05, 4.69) is 13.8 Å². The first-order valence-corrected chi connectivity index (χ1v) is 11.0. The lowest BCUT2D eigenvalue weighted by Crippen LogP contribution is -2.34. The molecule has 0 aromatic heterocycles. The van der Waals surface area contributed by atoms with Crippen molar-refractivity contribution in [2.24, 2.45) is 0 Å². The van der Waals surface area contributed by atoms with Crippen LogP contribution in [0.25, 0.3) is 0 Å². The average Bonchev–Trinajstić information content (AvgIpc) is 2.24. The average molecular weight is 287 g/mol. The number of hydrogen-bond donors (Lipinski definition) is 0. The normalized spacial score (nSPS) is 35.1. The van der Waals surface area contributed by atoms with Gasteiger partial charge < -0.3 is 20.6 Å². The molecule has 0 saturated carbocycles. The van der Waals surface area contributed by atoms with Crippen molar-refractivity contribution in [2.75, 3.05) is 0 Å². The van der Waals surface area contributed by atoms with Gasteiger partial charge in [-0.05, 0) is 5.54 Å². The smallest absolute Gasteiger partial charge is 0.305 e. The quantitative estimate of drug-likeness (QED) is 0.510. The molecular formula is C4H18O5Si5. The van der Waals surface area contributed by atoms with Crippen LogP contribution in [-0.2, 0) is 20.6 Å². The maximum Gasteiger partial charge on any atom is 0.305 e. The van der Waals surface area contributed by atoms with Crippen LogP contribution in [0.15, 0.2) is 0 Å². The van der Waals surface area contributed by atoms with Gasteiger partial charge in [0.15, 0.2) is 0 Å². The summed E-state index contributed by atoms with van der Waals surface area (Å²) < 4.78 is 27.5. The fourth-order valence-electron chi connectivity index (χ4n) is 1.02. The van der Waals surface area contributed by atoms with Crippen LogP contribution in [0.1, 0.15) is 20.3 Å². The Balaban J connectivity index is 2.30. The second-order valence-corrected chi connectivity index (χ2v) is 13.6. The molecule has 0 amide bonds. The largest absolute Gasteiger partial charge is 0.425 e. The van der Waals surface area contributed by atoms with E-state index >= 15 is 0 Å². The molecule has 0 radical (unpaired) electrons. The van der Waals surface area contributed by atoms with Gasteiger partial charge in [0.2, 0.25) is 0 Å². The molecule has 5 nitrogen and oxygen atoms in total. The minimum absolute atomic E-state index is 0.561. The molecule has 14 heavy (non-hydrogen) atoms. The molecule has 0 aromatic carbocycles. The third-order valence-corrected chi connectivity index (χ3v) is 11.2. The number of rotatable bonds is 2. The van der Waals surface area contributed by atoms with Crippen molar-refractivity contribution < 1.29 is 20.6 Å². The number of hydrogen-bond acceptors (Lipinski definition) is 5. The predicted octanol–water partition coefficient (Wildman–Crippen LogP) is -2.90. The van der Waals surface area contributed by atoms with Crippen LogP contribution in [0.5, 0.6) is 0 Å². The molecule has 1 atom stereocenters. The summed E-state index contributed by atoms with van der Waals surface area (Å²) in [6.07, 6.45) is 1.12. The zero-order valence-electron chi connectivity index (χ0n) is 8.73. The first kappa shape index (κ1) is 13.0. The first-order valence-electron chi connectivity index (χ1n) is 4.81. The van der Waals surface area contributed by atoms with Gasteiger partial charge in [-0.25, -0.2) is 0 Å². The topological polar surface area (TPSA) is 46.2 Å². The van der Waals surface area contributed by atoms with Crippen molar-refractivity contribution >= 4 is 49.3 Å². The summed E-state index contributed by atoms with van der Waals surface area (Å²) in [6, 6.07) is 0. The summed E-state index contributed by atoms with van der Waals surface area (Å²) in [4.78, 5) is 0. The summed E-state index contributed by atoms with van der Waals surface area (Å²) in [6.45, 7) is 4.36. The fourth-order valence-corrected chi connectivity index (χ4v) is 12.7. The van der Waals surface area contributed by atoms with Crippen LogP contribution in [-0.4, -0.2) is 49.3 Å². The zero-order chi connectivity index (χ0) is 10.2. The Kier molecular flexibility index (Phi) is 7.48. The Morgan fingerprint density at radius 1 is 1.00 bits per heavy atom. The summed E-state index contributed by atoms with van der Waals surface area (Å²) in [5.41, 5.74) is 0.561. The van der Waals surface area contributed by atoms with Crippen molar-refractivity contribution in [3.05, 3.63) is 0 Å². The van der Waals surface area contributed by atoms with Crippen LogP contribution in [0.2, 0.25) is 5.54 Å². The van der Waals surface area contributed by atoms with Crippen LogP contribution in [0.4, 0.5) is 0 Å². The van der Waals surface area contributed by atoms with Gasteiger partial charge in [-0.2, -0.15) is 0 Å². The highest BCUT2D eigenvalue weighted by molar-refractivity contribution is 6.60. The Bertz CT molecular complexity index is 140. The van der Waals surface area contributed by atoms with Crippen molar-refractivity contribution in [1.82, 2.24) is 0 Å². The van der Waals surface area contributed by atoms with Crippen molar-refractivity contribution in [1.29, 1.82) is 0 Å². The van der Waals surface area contributed by atoms with E-state index in [-0.39, 0.29) is 0 Å². The summed E-state index contributed by atoms with van der Waals surface area (Å²) >= 11 is 0. The molecule has 1 fully saturated rings. The van der Waals surface area contributed by atoms with E-state index in [1.807, 2.05) is 0 Å². The van der Waals surface area contributed by atoms with Gasteiger partial charge in [0, 0.05) is 0 Å². The van der Waals surface area contributed by atoms with Gasteiger partial charge in [-0.1, -0.05) is 20.3 Å². The highest BCUT2D eigenvalue weighted by Gasteiger charge is 2.21. The molecule has 1 heterocycles. The van der Waals surface area contributed by atoms with Crippen LogP contribution in [0.3, 0.4) is 0 Å². The van der Waals surface area contributed by atoms with E-state index in [4.69, 9.17) is 20.6 Å². The molecule has 1 aliphatic rings. The molecule has 1 rings (SSSR count). The lowest BCUT2D eigenvalue weighted by Gasteiger charge is -2.23. The van der Waals surface area contributed by atoms with Gasteiger partial charge in [0.25, 0.3) is 40.0 Å². The zero-order valence-corrected chi connectivity index (χ0v) is 15.5. The van der Waals surface area contributed by atoms with E-state index in [0.717, 1.165) is 6.42 Å². The minimum atomic E-state index is -1.48. The van der Waals surface area contributed by atoms with E-state index < -0.39 is 49.3 Å². The molecule has 10 heteroatoms. The molecule has 1 saturated heterocycles. The van der Waals surface area contributed by atoms with Gasteiger partial charge in [-0.15, -0.1) is 0 Å². The summed E-state index contributed by atoms with van der Waals surface area (Å²) in [7, 11) is -4.68. The minimum Gasteiger partial charge on any atom is -0.425 e. The third kappa shape index (κ3) is 5.10. The third-order valence-electron chi connectivity index (χ3n) is 2.07. The molecule has 0 bridgehead atoms. The van der Waals surface area contributed by atoms with Gasteiger partial charge in [-0.3, -0.25) is 0 Å². The monoisotopic (exact) mass is 286 g/mol. The van der Waals surface area contributed by atoms with Crippen LogP contribution >= 0.6 is 0 Å². The summed E-state index contributed by atoms with van der Waals surface area (Å²) in [5, 5.41) is 0. The fraction of sp³-hybridized carbons (Fsp3) is 1.00. The Morgan fingerprint density at radius 2 is 1.50 bits per heavy atom. The molecule has 1 aliphatic heterocycles. The second kappa shape index (κ2) is 8.09. The van der Waals surface area contributed by atoms with Crippen LogP contribution < -0.4 is 0 Å². The van der Waals surface area contributed by atoms with Gasteiger partial charge >= 0.3 is 9.28 Å². The lowest BCUT2D eigenvalue weighted by molar-refractivity contribution is 0.324. The second-order valence-electron chi connectivity index (χ2n) is 3.17. The lowest BCUT2D eigenvalue weighted by atomic mass is 10.4. The van der Waals surface area contributed by atoms with E-state index in [9.17, 15) is 0 Å². The highest BCUT2D eigenvalue weighted by Crippen LogP contribution is 2.14. The molecule has 0 aromatic rings. The Morgan fingerprint density at radius 3 is 2.00 bits per heavy atom. The molecule has 0 spiro atoms. The highest BCUT2D eigenvalue weighted by atomic mass is 28.4. The predicted molar refractivity (Wildman–Crippen MR) is 66.5 cm³/mol. The molecular weight excluding hydrogens is 268 g/mol. The molecule has 1 unspecified atom stereocenters. The van der Waals surface area contributed by atoms with Crippen molar-refractivity contribution in [2.45, 2.75) is 25.8 Å². The van der Waals surface area contributed by atoms with E-state index in [0.29, 0.717) is 5.54 Å². The Labute approximate surface area is 95.9 Å².